The second-order valence-electron chi connectivity index (χ2n) is 4.38. The summed E-state index contributed by atoms with van der Waals surface area (Å²) in [4.78, 5) is -0.0666. The molecule has 1 fully saturated rings. The highest BCUT2D eigenvalue weighted by Crippen LogP contribution is 2.23. The van der Waals surface area contributed by atoms with Gasteiger partial charge in [-0.3, -0.25) is 4.55 Å². The van der Waals surface area contributed by atoms with Crippen LogP contribution in [0.1, 0.15) is 5.56 Å². The molecule has 1 aromatic carbocycles. The van der Waals surface area contributed by atoms with E-state index in [2.05, 4.69) is 6.07 Å². The van der Waals surface area contributed by atoms with Crippen LogP contribution in [0, 0.1) is 23.7 Å². The average molecular weight is 284 g/mol. The van der Waals surface area contributed by atoms with Gasteiger partial charge in [-0.2, -0.15) is 13.7 Å². The van der Waals surface area contributed by atoms with E-state index in [9.17, 15) is 8.42 Å². The normalized spacial score (nSPS) is 16.5. The first kappa shape index (κ1) is 15.6. The van der Waals surface area contributed by atoms with Gasteiger partial charge in [-0.15, -0.1) is 0 Å². The SMILES string of the molecule is Cc1ccc(S(=O)(=O)O)cc1.N#CC1(CN)COC1. The lowest BCUT2D eigenvalue weighted by molar-refractivity contribution is -0.0712. The summed E-state index contributed by atoms with van der Waals surface area (Å²) in [5.74, 6) is 0. The van der Waals surface area contributed by atoms with Crippen LogP contribution < -0.4 is 5.73 Å². The highest BCUT2D eigenvalue weighted by Gasteiger charge is 2.37. The quantitative estimate of drug-likeness (QED) is 0.774. The topological polar surface area (TPSA) is 113 Å². The molecule has 0 spiro atoms. The number of benzene rings is 1. The Morgan fingerprint density at radius 2 is 1.95 bits per heavy atom. The van der Waals surface area contributed by atoms with E-state index in [0.717, 1.165) is 5.56 Å². The van der Waals surface area contributed by atoms with Crippen LogP contribution in [0.25, 0.3) is 0 Å². The van der Waals surface area contributed by atoms with Gasteiger partial charge in [0.15, 0.2) is 0 Å². The van der Waals surface area contributed by atoms with Gasteiger partial charge < -0.3 is 10.5 Å². The van der Waals surface area contributed by atoms with E-state index in [1.54, 1.807) is 12.1 Å². The molecule has 104 valence electrons. The van der Waals surface area contributed by atoms with Gasteiger partial charge in [0.05, 0.1) is 24.2 Å². The Bertz CT molecular complexity index is 551. The summed E-state index contributed by atoms with van der Waals surface area (Å²) < 4.78 is 34.4. The van der Waals surface area contributed by atoms with Crippen LogP contribution in [0.4, 0.5) is 0 Å². The third kappa shape index (κ3) is 4.29. The summed E-state index contributed by atoms with van der Waals surface area (Å²) in [7, 11) is -4.02. The Kier molecular flexibility index (Phi) is 5.03. The van der Waals surface area contributed by atoms with Crippen molar-refractivity contribution >= 4 is 10.1 Å². The standard InChI is InChI=1S/C7H8O3S.C5H8N2O/c1-6-2-4-7(5-3-6)11(8,9)10;6-1-5(2-7)3-8-4-5/h2-5H,1H3,(H,8,9,10);1,3-4,6H2. The molecule has 7 heteroatoms. The lowest BCUT2D eigenvalue weighted by Gasteiger charge is -2.33. The predicted octanol–water partition coefficient (Wildman–Crippen LogP) is 0.727. The Morgan fingerprint density at radius 1 is 1.42 bits per heavy atom. The molecule has 1 saturated heterocycles. The van der Waals surface area contributed by atoms with E-state index in [1.165, 1.54) is 12.1 Å². The van der Waals surface area contributed by atoms with Gasteiger partial charge >= 0.3 is 0 Å². The minimum atomic E-state index is -4.02. The van der Waals surface area contributed by atoms with E-state index in [4.69, 9.17) is 20.3 Å². The Morgan fingerprint density at radius 3 is 2.16 bits per heavy atom. The Hall–Kier alpha value is -1.46. The molecule has 0 atom stereocenters. The number of ether oxygens (including phenoxy) is 1. The van der Waals surface area contributed by atoms with E-state index in [1.807, 2.05) is 6.92 Å². The lowest BCUT2D eigenvalue weighted by atomic mass is 9.88. The molecule has 0 bridgehead atoms. The summed E-state index contributed by atoms with van der Waals surface area (Å²) in [5, 5.41) is 8.43. The van der Waals surface area contributed by atoms with Crippen molar-refractivity contribution in [3.63, 3.8) is 0 Å². The Balaban J connectivity index is 0.000000200. The molecule has 3 N–H and O–H groups in total. The number of hydrogen-bond donors (Lipinski definition) is 2. The van der Waals surface area contributed by atoms with Crippen LogP contribution in [0.3, 0.4) is 0 Å². The van der Waals surface area contributed by atoms with E-state index in [-0.39, 0.29) is 10.3 Å². The van der Waals surface area contributed by atoms with Gasteiger partial charge in [-0.05, 0) is 19.1 Å². The first-order valence-electron chi connectivity index (χ1n) is 5.56. The molecule has 0 radical (unpaired) electrons. The number of nitriles is 1. The monoisotopic (exact) mass is 284 g/mol. The second-order valence-corrected chi connectivity index (χ2v) is 5.80. The maximum atomic E-state index is 10.5. The first-order valence-corrected chi connectivity index (χ1v) is 7.00. The summed E-state index contributed by atoms with van der Waals surface area (Å²) in [6.45, 7) is 3.29. The molecule has 0 unspecified atom stereocenters. The third-order valence-electron chi connectivity index (χ3n) is 2.70. The van der Waals surface area contributed by atoms with Crippen molar-refractivity contribution in [3.05, 3.63) is 29.8 Å². The van der Waals surface area contributed by atoms with E-state index in [0.29, 0.717) is 19.8 Å². The molecule has 0 aromatic heterocycles. The summed E-state index contributed by atoms with van der Waals surface area (Å²) in [6, 6.07) is 8.10. The van der Waals surface area contributed by atoms with E-state index < -0.39 is 10.1 Å². The minimum absolute atomic E-state index is 0.0666. The largest absolute Gasteiger partial charge is 0.378 e. The number of nitrogens with zero attached hydrogens (tertiary/aromatic N) is 1. The molecule has 2 rings (SSSR count). The predicted molar refractivity (Wildman–Crippen MR) is 68.9 cm³/mol. The first-order chi connectivity index (χ1) is 8.83. The van der Waals surface area contributed by atoms with Gasteiger partial charge in [0.2, 0.25) is 0 Å². The van der Waals surface area contributed by atoms with Crippen molar-refractivity contribution in [3.8, 4) is 6.07 Å². The minimum Gasteiger partial charge on any atom is -0.378 e. The van der Waals surface area contributed by atoms with Crippen molar-refractivity contribution in [2.24, 2.45) is 11.1 Å². The van der Waals surface area contributed by atoms with Crippen LogP contribution >= 0.6 is 0 Å². The van der Waals surface area contributed by atoms with Gasteiger partial charge in [0, 0.05) is 6.54 Å². The molecule has 0 aliphatic carbocycles. The molecule has 0 amide bonds. The smallest absolute Gasteiger partial charge is 0.294 e. The van der Waals surface area contributed by atoms with Crippen molar-refractivity contribution < 1.29 is 17.7 Å². The van der Waals surface area contributed by atoms with Gasteiger partial charge in [0.1, 0.15) is 5.41 Å². The molecule has 0 saturated carbocycles. The van der Waals surface area contributed by atoms with Crippen LogP contribution in [-0.2, 0) is 14.9 Å². The number of aryl methyl sites for hydroxylation is 1. The number of nitrogens with two attached hydrogens (primary N) is 1. The molecular formula is C12H16N2O4S. The second kappa shape index (κ2) is 6.12. The van der Waals surface area contributed by atoms with E-state index >= 15 is 0 Å². The summed E-state index contributed by atoms with van der Waals surface area (Å²) >= 11 is 0. The zero-order valence-corrected chi connectivity index (χ0v) is 11.4. The third-order valence-corrected chi connectivity index (χ3v) is 3.57. The molecule has 19 heavy (non-hydrogen) atoms. The average Bonchev–Trinajstić information content (AvgIpc) is 2.29. The van der Waals surface area contributed by atoms with Crippen molar-refractivity contribution in [1.82, 2.24) is 0 Å². The lowest BCUT2D eigenvalue weighted by Crippen LogP contribution is -2.46. The van der Waals surface area contributed by atoms with Crippen molar-refractivity contribution in [2.45, 2.75) is 11.8 Å². The molecular weight excluding hydrogens is 268 g/mol. The van der Waals surface area contributed by atoms with Crippen LogP contribution in [0.15, 0.2) is 29.2 Å². The summed E-state index contributed by atoms with van der Waals surface area (Å²) in [5.41, 5.74) is 5.90. The van der Waals surface area contributed by atoms with Crippen LogP contribution in [0.2, 0.25) is 0 Å². The number of hydrogen-bond acceptors (Lipinski definition) is 5. The van der Waals surface area contributed by atoms with Gasteiger partial charge in [0.25, 0.3) is 10.1 Å². The molecule has 6 nitrogen and oxygen atoms in total. The van der Waals surface area contributed by atoms with Crippen molar-refractivity contribution in [1.29, 1.82) is 5.26 Å². The fourth-order valence-corrected chi connectivity index (χ4v) is 1.77. The fourth-order valence-electron chi connectivity index (χ4n) is 1.29. The fraction of sp³-hybridized carbons (Fsp3) is 0.417. The maximum Gasteiger partial charge on any atom is 0.294 e. The number of rotatable bonds is 2. The zero-order chi connectivity index (χ0) is 14.5. The maximum absolute atomic E-state index is 10.5. The highest BCUT2D eigenvalue weighted by atomic mass is 32.2. The Labute approximate surface area is 112 Å². The molecule has 1 aromatic rings. The molecule has 1 heterocycles. The highest BCUT2D eigenvalue weighted by molar-refractivity contribution is 7.85. The van der Waals surface area contributed by atoms with Crippen LogP contribution in [0.5, 0.6) is 0 Å². The van der Waals surface area contributed by atoms with Crippen LogP contribution in [-0.4, -0.2) is 32.7 Å². The zero-order valence-electron chi connectivity index (χ0n) is 10.5. The molecule has 1 aliphatic rings. The van der Waals surface area contributed by atoms with Gasteiger partial charge in [-0.1, -0.05) is 17.7 Å². The van der Waals surface area contributed by atoms with Crippen molar-refractivity contribution in [2.75, 3.05) is 19.8 Å². The van der Waals surface area contributed by atoms with Gasteiger partial charge in [-0.25, -0.2) is 0 Å². The molecule has 1 aliphatic heterocycles. The summed E-state index contributed by atoms with van der Waals surface area (Å²) in [6.07, 6.45) is 0.